The van der Waals surface area contributed by atoms with E-state index in [4.69, 9.17) is 10.5 Å². The van der Waals surface area contributed by atoms with E-state index in [1.54, 1.807) is 0 Å². The molecule has 0 rings (SSSR count). The molecule has 240 valence electrons. The topological polar surface area (TPSA) is 69.4 Å². The van der Waals surface area contributed by atoms with Gasteiger partial charge >= 0.3 is 5.97 Å². The number of rotatable bonds is 31. The van der Waals surface area contributed by atoms with Gasteiger partial charge in [0, 0.05) is 12.8 Å². The van der Waals surface area contributed by atoms with Gasteiger partial charge in [-0.25, -0.2) is 0 Å². The van der Waals surface area contributed by atoms with Crippen LogP contribution in [-0.2, 0) is 14.3 Å². The molecule has 0 aliphatic heterocycles. The normalized spacial score (nSPS) is 10.8. The Morgan fingerprint density at radius 3 is 0.975 bits per heavy atom. The van der Waals surface area contributed by atoms with E-state index in [1.165, 1.54) is 154 Å². The van der Waals surface area contributed by atoms with Crippen molar-refractivity contribution in [3.05, 3.63) is 0 Å². The van der Waals surface area contributed by atoms with Crippen molar-refractivity contribution < 1.29 is 14.3 Å². The molecule has 0 aromatic heterocycles. The third-order valence-corrected chi connectivity index (χ3v) is 7.77. The van der Waals surface area contributed by atoms with Crippen LogP contribution in [0, 0.1) is 0 Å². The molecule has 0 bridgehead atoms. The molecule has 0 spiro atoms. The minimum Gasteiger partial charge on any atom is -0.466 e. The van der Waals surface area contributed by atoms with Gasteiger partial charge in [0.25, 0.3) is 0 Å². The fraction of sp³-hybridized carbons (Fsp3) is 0.944. The second-order valence-electron chi connectivity index (χ2n) is 12.0. The van der Waals surface area contributed by atoms with Gasteiger partial charge in [-0.3, -0.25) is 9.59 Å². The lowest BCUT2D eigenvalue weighted by atomic mass is 10.0. The van der Waals surface area contributed by atoms with Gasteiger partial charge in [-0.05, 0) is 19.3 Å². The molecule has 0 aromatic carbocycles. The summed E-state index contributed by atoms with van der Waals surface area (Å²) in [5.41, 5.74) is 5.09. The number of amides is 1. The highest BCUT2D eigenvalue weighted by molar-refractivity contribution is 5.73. The van der Waals surface area contributed by atoms with Gasteiger partial charge in [0.05, 0.1) is 6.61 Å². The number of hydrogen-bond acceptors (Lipinski definition) is 3. The van der Waals surface area contributed by atoms with E-state index >= 15 is 0 Å². The van der Waals surface area contributed by atoms with Crippen LogP contribution in [0.5, 0.6) is 0 Å². The van der Waals surface area contributed by atoms with Gasteiger partial charge in [0.1, 0.15) is 0 Å². The number of carbonyl (C=O) groups is 2. The zero-order valence-electron chi connectivity index (χ0n) is 27.7. The Bertz CT molecular complexity index is 494. The van der Waals surface area contributed by atoms with Crippen molar-refractivity contribution in [1.82, 2.24) is 0 Å². The van der Waals surface area contributed by atoms with Crippen molar-refractivity contribution in [2.45, 2.75) is 213 Å². The van der Waals surface area contributed by atoms with E-state index in [0.29, 0.717) is 19.4 Å². The van der Waals surface area contributed by atoms with Crippen LogP contribution < -0.4 is 5.73 Å². The lowest BCUT2D eigenvalue weighted by Crippen LogP contribution is -2.09. The van der Waals surface area contributed by atoms with Gasteiger partial charge in [-0.15, -0.1) is 0 Å². The Balaban J connectivity index is 0. The predicted octanol–water partition coefficient (Wildman–Crippen LogP) is 11.8. The predicted molar refractivity (Wildman–Crippen MR) is 176 cm³/mol. The van der Waals surface area contributed by atoms with E-state index in [2.05, 4.69) is 20.8 Å². The number of nitrogens with two attached hydrogens (primary N) is 1. The second-order valence-corrected chi connectivity index (χ2v) is 12.0. The summed E-state index contributed by atoms with van der Waals surface area (Å²) in [5.74, 6) is -0.158. The number of unbranched alkanes of at least 4 members (excludes halogenated alkanes) is 25. The molecular formula is C36H73NO3. The summed E-state index contributed by atoms with van der Waals surface area (Å²) < 4.78 is 5.15. The third-order valence-electron chi connectivity index (χ3n) is 7.77. The monoisotopic (exact) mass is 568 g/mol. The first-order chi connectivity index (χ1) is 19.6. The molecule has 0 heterocycles. The molecule has 0 unspecified atom stereocenters. The molecule has 0 aliphatic rings. The van der Waals surface area contributed by atoms with Crippen molar-refractivity contribution in [1.29, 1.82) is 0 Å². The fourth-order valence-corrected chi connectivity index (χ4v) is 5.01. The maximum absolute atomic E-state index is 11.4. The standard InChI is InChI=1S/C20H40O2.C16H33NO/c1-3-5-7-8-9-10-11-12-13-14-15-16-17-18-20(21)22-19-6-4-2;1-2-3-4-5-6-7-8-9-10-11-12-13-14-15-16(17)18/h3-19H2,1-2H3;2-15H2,1H3,(H2,17,18). The minimum absolute atomic E-state index is 0.00322. The van der Waals surface area contributed by atoms with E-state index < -0.39 is 0 Å². The third kappa shape index (κ3) is 41.4. The van der Waals surface area contributed by atoms with Crippen molar-refractivity contribution in [2.75, 3.05) is 6.61 Å². The summed E-state index contributed by atoms with van der Waals surface area (Å²) >= 11 is 0. The summed E-state index contributed by atoms with van der Waals surface area (Å²) in [4.78, 5) is 21.9. The number of hydrogen-bond donors (Lipinski definition) is 1. The molecular weight excluding hydrogens is 494 g/mol. The van der Waals surface area contributed by atoms with Crippen LogP contribution in [0.4, 0.5) is 0 Å². The Morgan fingerprint density at radius 1 is 0.400 bits per heavy atom. The summed E-state index contributed by atoms with van der Waals surface area (Å²) in [6, 6.07) is 0. The molecule has 0 atom stereocenters. The average molecular weight is 568 g/mol. The van der Waals surface area contributed by atoms with Crippen molar-refractivity contribution >= 4 is 11.9 Å². The van der Waals surface area contributed by atoms with Gasteiger partial charge in [0.15, 0.2) is 0 Å². The molecule has 0 saturated carbocycles. The molecule has 0 fully saturated rings. The zero-order valence-corrected chi connectivity index (χ0v) is 27.7. The van der Waals surface area contributed by atoms with Crippen LogP contribution in [0.25, 0.3) is 0 Å². The minimum atomic E-state index is -0.155. The zero-order chi connectivity index (χ0) is 29.8. The molecule has 40 heavy (non-hydrogen) atoms. The molecule has 0 saturated heterocycles. The number of primary amides is 1. The Hall–Kier alpha value is -1.06. The average Bonchev–Trinajstić information content (AvgIpc) is 2.94. The van der Waals surface area contributed by atoms with Crippen LogP contribution in [0.1, 0.15) is 213 Å². The van der Waals surface area contributed by atoms with Crippen LogP contribution in [0.15, 0.2) is 0 Å². The van der Waals surface area contributed by atoms with Crippen molar-refractivity contribution in [3.63, 3.8) is 0 Å². The maximum atomic E-state index is 11.4. The molecule has 4 heteroatoms. The Labute approximate surface area is 251 Å². The first kappa shape index (κ1) is 41.1. The molecule has 1 amide bonds. The smallest absolute Gasteiger partial charge is 0.305 e. The maximum Gasteiger partial charge on any atom is 0.305 e. The highest BCUT2D eigenvalue weighted by Crippen LogP contribution is 2.14. The number of esters is 1. The SMILES string of the molecule is CCCCCCCCCCCCCCCC(=O)OCCCC.CCCCCCCCCCCCCCCC(N)=O. The first-order valence-corrected chi connectivity index (χ1v) is 18.0. The van der Waals surface area contributed by atoms with E-state index in [9.17, 15) is 9.59 Å². The molecule has 4 nitrogen and oxygen atoms in total. The van der Waals surface area contributed by atoms with Crippen LogP contribution >= 0.6 is 0 Å². The van der Waals surface area contributed by atoms with E-state index in [1.807, 2.05) is 0 Å². The molecule has 0 radical (unpaired) electrons. The van der Waals surface area contributed by atoms with Crippen molar-refractivity contribution in [3.8, 4) is 0 Å². The Kier molecular flexibility index (Phi) is 39.0. The van der Waals surface area contributed by atoms with Crippen molar-refractivity contribution in [2.24, 2.45) is 5.73 Å². The van der Waals surface area contributed by atoms with E-state index in [0.717, 1.165) is 25.7 Å². The first-order valence-electron chi connectivity index (χ1n) is 18.0. The van der Waals surface area contributed by atoms with Gasteiger partial charge in [-0.1, -0.05) is 181 Å². The van der Waals surface area contributed by atoms with E-state index in [-0.39, 0.29) is 11.9 Å². The van der Waals surface area contributed by atoms with Gasteiger partial charge < -0.3 is 10.5 Å². The lowest BCUT2D eigenvalue weighted by Gasteiger charge is -2.04. The second kappa shape index (κ2) is 37.9. The number of ether oxygens (including phenoxy) is 1. The Morgan fingerprint density at radius 2 is 0.675 bits per heavy atom. The summed E-state index contributed by atoms with van der Waals surface area (Å²) in [7, 11) is 0. The van der Waals surface area contributed by atoms with Crippen LogP contribution in [-0.4, -0.2) is 18.5 Å². The summed E-state index contributed by atoms with van der Waals surface area (Å²) in [6.45, 7) is 7.26. The van der Waals surface area contributed by atoms with Crippen LogP contribution in [0.3, 0.4) is 0 Å². The lowest BCUT2D eigenvalue weighted by molar-refractivity contribution is -0.143. The quantitative estimate of drug-likeness (QED) is 0.0669. The fourth-order valence-electron chi connectivity index (χ4n) is 5.01. The van der Waals surface area contributed by atoms with Crippen LogP contribution in [0.2, 0.25) is 0 Å². The summed E-state index contributed by atoms with van der Waals surface area (Å²) in [5, 5.41) is 0. The highest BCUT2D eigenvalue weighted by Gasteiger charge is 2.02. The molecule has 0 aliphatic carbocycles. The van der Waals surface area contributed by atoms with Gasteiger partial charge in [0.2, 0.25) is 5.91 Å². The summed E-state index contributed by atoms with van der Waals surface area (Å²) in [6.07, 6.45) is 38.1. The molecule has 0 aromatic rings. The highest BCUT2D eigenvalue weighted by atomic mass is 16.5. The van der Waals surface area contributed by atoms with Gasteiger partial charge in [-0.2, -0.15) is 0 Å². The molecule has 2 N–H and O–H groups in total. The largest absolute Gasteiger partial charge is 0.466 e. The number of carbonyl (C=O) groups excluding carboxylic acids is 2.